The quantitative estimate of drug-likeness (QED) is 0.876. The smallest absolute Gasteiger partial charge is 0.120 e. The highest BCUT2D eigenvalue weighted by atomic mass is 16.5. The van der Waals surface area contributed by atoms with Crippen LogP contribution in [0.1, 0.15) is 47.1 Å². The second-order valence-corrected chi connectivity index (χ2v) is 6.79. The van der Waals surface area contributed by atoms with E-state index in [0.29, 0.717) is 0 Å². The standard InChI is InChI=1S/C16H27NO/c1-15(2,3)17-12-11-13-7-9-14(10-8-13)18-16(4,5)6/h7-10,17H,11-12H2,1-6H3. The monoisotopic (exact) mass is 249 g/mol. The summed E-state index contributed by atoms with van der Waals surface area (Å²) in [5.41, 5.74) is 1.40. The van der Waals surface area contributed by atoms with E-state index < -0.39 is 0 Å². The van der Waals surface area contributed by atoms with Gasteiger partial charge in [-0.2, -0.15) is 0 Å². The third-order valence-corrected chi connectivity index (χ3v) is 2.42. The molecule has 0 aliphatic heterocycles. The van der Waals surface area contributed by atoms with Crippen LogP contribution in [-0.2, 0) is 6.42 Å². The highest BCUT2D eigenvalue weighted by Gasteiger charge is 2.11. The summed E-state index contributed by atoms with van der Waals surface area (Å²) < 4.78 is 5.80. The Labute approximate surface area is 112 Å². The number of ether oxygens (including phenoxy) is 1. The maximum atomic E-state index is 5.80. The van der Waals surface area contributed by atoms with Gasteiger partial charge in [-0.05, 0) is 72.2 Å². The lowest BCUT2D eigenvalue weighted by Gasteiger charge is -2.22. The van der Waals surface area contributed by atoms with E-state index in [9.17, 15) is 0 Å². The molecule has 18 heavy (non-hydrogen) atoms. The molecule has 0 amide bonds. The average Bonchev–Trinajstić information content (AvgIpc) is 2.16. The second-order valence-electron chi connectivity index (χ2n) is 6.79. The molecule has 0 radical (unpaired) electrons. The minimum Gasteiger partial charge on any atom is -0.488 e. The van der Waals surface area contributed by atoms with Crippen LogP contribution in [0.25, 0.3) is 0 Å². The van der Waals surface area contributed by atoms with Gasteiger partial charge in [0.05, 0.1) is 0 Å². The van der Waals surface area contributed by atoms with Crippen molar-refractivity contribution >= 4 is 0 Å². The Balaban J connectivity index is 2.46. The van der Waals surface area contributed by atoms with Crippen LogP contribution < -0.4 is 10.1 Å². The summed E-state index contributed by atoms with van der Waals surface area (Å²) in [5.74, 6) is 0.940. The third-order valence-electron chi connectivity index (χ3n) is 2.42. The van der Waals surface area contributed by atoms with E-state index in [1.54, 1.807) is 0 Å². The van der Waals surface area contributed by atoms with Crippen LogP contribution in [-0.4, -0.2) is 17.7 Å². The Morgan fingerprint density at radius 3 is 1.94 bits per heavy atom. The minimum absolute atomic E-state index is 0.130. The predicted molar refractivity (Wildman–Crippen MR) is 78.3 cm³/mol. The minimum atomic E-state index is -0.130. The van der Waals surface area contributed by atoms with E-state index in [-0.39, 0.29) is 11.1 Å². The Kier molecular flexibility index (Phi) is 4.80. The van der Waals surface area contributed by atoms with E-state index in [0.717, 1.165) is 18.7 Å². The van der Waals surface area contributed by atoms with Crippen molar-refractivity contribution in [2.45, 2.75) is 59.1 Å². The first-order chi connectivity index (χ1) is 8.16. The van der Waals surface area contributed by atoms with Crippen molar-refractivity contribution in [1.29, 1.82) is 0 Å². The SMILES string of the molecule is CC(C)(C)NCCc1ccc(OC(C)(C)C)cc1. The van der Waals surface area contributed by atoms with Gasteiger partial charge in [0.25, 0.3) is 0 Å². The molecule has 2 nitrogen and oxygen atoms in total. The van der Waals surface area contributed by atoms with Crippen LogP contribution in [0, 0.1) is 0 Å². The van der Waals surface area contributed by atoms with Crippen LogP contribution in [0.3, 0.4) is 0 Å². The number of nitrogens with one attached hydrogen (secondary N) is 1. The van der Waals surface area contributed by atoms with Gasteiger partial charge < -0.3 is 10.1 Å². The van der Waals surface area contributed by atoms with Gasteiger partial charge in [-0.3, -0.25) is 0 Å². The molecular weight excluding hydrogens is 222 g/mol. The summed E-state index contributed by atoms with van der Waals surface area (Å²) in [6, 6.07) is 8.40. The topological polar surface area (TPSA) is 21.3 Å². The van der Waals surface area contributed by atoms with Crippen molar-refractivity contribution < 1.29 is 4.74 Å². The van der Waals surface area contributed by atoms with Crippen LogP contribution in [0.4, 0.5) is 0 Å². The molecule has 0 unspecified atom stereocenters. The highest BCUT2D eigenvalue weighted by Crippen LogP contribution is 2.18. The van der Waals surface area contributed by atoms with E-state index in [1.165, 1.54) is 5.56 Å². The van der Waals surface area contributed by atoms with Gasteiger partial charge in [0, 0.05) is 5.54 Å². The number of benzene rings is 1. The Hall–Kier alpha value is -1.02. The molecule has 2 heteroatoms. The molecular formula is C16H27NO. The van der Waals surface area contributed by atoms with Gasteiger partial charge in [0.1, 0.15) is 11.4 Å². The molecule has 1 aromatic rings. The predicted octanol–water partition coefficient (Wildman–Crippen LogP) is 3.79. The Morgan fingerprint density at radius 2 is 1.50 bits per heavy atom. The summed E-state index contributed by atoms with van der Waals surface area (Å²) in [6.45, 7) is 13.8. The van der Waals surface area contributed by atoms with E-state index >= 15 is 0 Å². The van der Waals surface area contributed by atoms with Gasteiger partial charge in [-0.15, -0.1) is 0 Å². The molecule has 1 aromatic carbocycles. The molecule has 1 rings (SSSR count). The molecule has 0 aromatic heterocycles. The zero-order valence-electron chi connectivity index (χ0n) is 12.6. The van der Waals surface area contributed by atoms with Crippen molar-refractivity contribution in [2.24, 2.45) is 0 Å². The fourth-order valence-electron chi connectivity index (χ4n) is 1.66. The lowest BCUT2D eigenvalue weighted by Crippen LogP contribution is -2.37. The molecule has 0 saturated carbocycles. The molecule has 102 valence electrons. The molecule has 0 saturated heterocycles. The van der Waals surface area contributed by atoms with Crippen molar-refractivity contribution in [1.82, 2.24) is 5.32 Å². The summed E-state index contributed by atoms with van der Waals surface area (Å²) in [5, 5.41) is 3.49. The van der Waals surface area contributed by atoms with Crippen molar-refractivity contribution in [2.75, 3.05) is 6.54 Å². The normalized spacial score (nSPS) is 12.6. The molecule has 0 aliphatic rings. The van der Waals surface area contributed by atoms with Gasteiger partial charge in [-0.25, -0.2) is 0 Å². The highest BCUT2D eigenvalue weighted by molar-refractivity contribution is 5.27. The number of hydrogen-bond donors (Lipinski definition) is 1. The first-order valence-electron chi connectivity index (χ1n) is 6.69. The molecule has 0 aliphatic carbocycles. The van der Waals surface area contributed by atoms with Crippen LogP contribution in [0.2, 0.25) is 0 Å². The average molecular weight is 249 g/mol. The number of rotatable bonds is 4. The summed E-state index contributed by atoms with van der Waals surface area (Å²) >= 11 is 0. The van der Waals surface area contributed by atoms with E-state index in [4.69, 9.17) is 4.74 Å². The van der Waals surface area contributed by atoms with Crippen molar-refractivity contribution in [3.8, 4) is 5.75 Å². The second kappa shape index (κ2) is 5.75. The zero-order valence-corrected chi connectivity index (χ0v) is 12.6. The maximum Gasteiger partial charge on any atom is 0.120 e. The van der Waals surface area contributed by atoms with Crippen LogP contribution in [0.5, 0.6) is 5.75 Å². The van der Waals surface area contributed by atoms with Gasteiger partial charge in [0.2, 0.25) is 0 Å². The third kappa shape index (κ3) is 6.65. The zero-order chi connectivity index (χ0) is 13.8. The molecule has 0 heterocycles. The van der Waals surface area contributed by atoms with E-state index in [2.05, 4.69) is 71.1 Å². The lowest BCUT2D eigenvalue weighted by molar-refractivity contribution is 0.131. The van der Waals surface area contributed by atoms with Crippen molar-refractivity contribution in [3.63, 3.8) is 0 Å². The van der Waals surface area contributed by atoms with E-state index in [1.807, 2.05) is 0 Å². The first-order valence-corrected chi connectivity index (χ1v) is 6.69. The number of hydrogen-bond acceptors (Lipinski definition) is 2. The van der Waals surface area contributed by atoms with Crippen LogP contribution >= 0.6 is 0 Å². The molecule has 0 atom stereocenters. The Morgan fingerprint density at radius 1 is 0.944 bits per heavy atom. The van der Waals surface area contributed by atoms with Crippen molar-refractivity contribution in [3.05, 3.63) is 29.8 Å². The fourth-order valence-corrected chi connectivity index (χ4v) is 1.66. The first kappa shape index (κ1) is 15.0. The molecule has 0 fully saturated rings. The molecule has 1 N–H and O–H groups in total. The largest absolute Gasteiger partial charge is 0.488 e. The maximum absolute atomic E-state index is 5.80. The van der Waals surface area contributed by atoms with Crippen LogP contribution in [0.15, 0.2) is 24.3 Å². The summed E-state index contributed by atoms with van der Waals surface area (Å²) in [4.78, 5) is 0. The fraction of sp³-hybridized carbons (Fsp3) is 0.625. The van der Waals surface area contributed by atoms with Gasteiger partial charge >= 0.3 is 0 Å². The van der Waals surface area contributed by atoms with Gasteiger partial charge in [0.15, 0.2) is 0 Å². The Bertz CT molecular complexity index is 354. The molecule has 0 bridgehead atoms. The molecule has 0 spiro atoms. The van der Waals surface area contributed by atoms with Gasteiger partial charge in [-0.1, -0.05) is 12.1 Å². The summed E-state index contributed by atoms with van der Waals surface area (Å²) in [7, 11) is 0. The lowest BCUT2D eigenvalue weighted by atomic mass is 10.1. The summed E-state index contributed by atoms with van der Waals surface area (Å²) in [6.07, 6.45) is 1.05.